The van der Waals surface area contributed by atoms with Gasteiger partial charge in [0.25, 0.3) is 5.91 Å². The van der Waals surface area contributed by atoms with Crippen molar-refractivity contribution in [1.29, 1.82) is 0 Å². The number of nitrogens with zero attached hydrogens (tertiary/aromatic N) is 1. The minimum atomic E-state index is -1.50. The summed E-state index contributed by atoms with van der Waals surface area (Å²) in [5.41, 5.74) is 0.332. The van der Waals surface area contributed by atoms with Gasteiger partial charge in [-0.15, -0.1) is 11.6 Å². The van der Waals surface area contributed by atoms with Gasteiger partial charge in [-0.1, -0.05) is 44.2 Å². The molecule has 1 N–H and O–H groups in total. The van der Waals surface area contributed by atoms with Crippen molar-refractivity contribution in [2.45, 2.75) is 45.4 Å². The van der Waals surface area contributed by atoms with Crippen LogP contribution in [0.1, 0.15) is 36.8 Å². The highest BCUT2D eigenvalue weighted by molar-refractivity contribution is 6.18. The van der Waals surface area contributed by atoms with E-state index >= 15 is 0 Å². The molecule has 0 radical (unpaired) electrons. The van der Waals surface area contributed by atoms with Gasteiger partial charge in [-0.2, -0.15) is 0 Å². The Morgan fingerprint density at radius 2 is 1.84 bits per heavy atom. The van der Waals surface area contributed by atoms with Crippen LogP contribution in [0.4, 0.5) is 4.79 Å². The average Bonchev–Trinajstić information content (AvgIpc) is 3.02. The molecule has 2 heterocycles. The standard InChI is InChI=1S/C29H33ClN2O11/c1-16(2)26(34)42-23-17(3)41-28(36)20(15-40-27(35)19(23)14-18-8-6-5-7-9-18)32-25(33)22-24(21(38-4)10-12-31-22)43-29(37)39-13-11-30/h5-10,12,16-17,19-20,23H,11,13-15H2,1-4H3,(H,32,33)/t17-,19+,20?,23?/m0/s1. The number of pyridine rings is 1. The number of aromatic nitrogens is 1. The van der Waals surface area contributed by atoms with E-state index in [0.29, 0.717) is 0 Å². The zero-order chi connectivity index (χ0) is 31.5. The fourth-order valence-electron chi connectivity index (χ4n) is 4.06. The molecule has 13 nitrogen and oxygen atoms in total. The van der Waals surface area contributed by atoms with Crippen LogP contribution >= 0.6 is 11.6 Å². The number of benzene rings is 1. The summed E-state index contributed by atoms with van der Waals surface area (Å²) in [5, 5.41) is 2.40. The molecule has 0 saturated carbocycles. The summed E-state index contributed by atoms with van der Waals surface area (Å²) in [4.78, 5) is 68.5. The predicted octanol–water partition coefficient (Wildman–Crippen LogP) is 2.86. The molecule has 43 heavy (non-hydrogen) atoms. The number of methoxy groups -OCH3 is 1. The van der Waals surface area contributed by atoms with Gasteiger partial charge in [-0.25, -0.2) is 14.6 Å². The zero-order valence-electron chi connectivity index (χ0n) is 24.1. The molecule has 2 aromatic rings. The van der Waals surface area contributed by atoms with E-state index in [4.69, 9.17) is 40.0 Å². The average molecular weight is 621 g/mol. The second kappa shape index (κ2) is 15.7. The molecule has 1 amide bonds. The quantitative estimate of drug-likeness (QED) is 0.235. The van der Waals surface area contributed by atoms with Crippen LogP contribution in [-0.4, -0.2) is 79.4 Å². The molecule has 0 aliphatic carbocycles. The Morgan fingerprint density at radius 1 is 1.12 bits per heavy atom. The van der Waals surface area contributed by atoms with Gasteiger partial charge in [0.15, 0.2) is 23.6 Å². The van der Waals surface area contributed by atoms with Crippen LogP contribution in [0.2, 0.25) is 0 Å². The van der Waals surface area contributed by atoms with Crippen molar-refractivity contribution in [2.75, 3.05) is 26.2 Å². The molecular formula is C29H33ClN2O11. The SMILES string of the molecule is COc1ccnc(C(=O)NC2COC(=O)[C@H](Cc3ccccc3)C(OC(=O)C(C)C)[C@H](C)OC2=O)c1OC(=O)OCCCl. The van der Waals surface area contributed by atoms with Gasteiger partial charge in [0.1, 0.15) is 25.2 Å². The molecule has 1 aliphatic heterocycles. The summed E-state index contributed by atoms with van der Waals surface area (Å²) in [7, 11) is 1.28. The van der Waals surface area contributed by atoms with Crippen molar-refractivity contribution in [1.82, 2.24) is 10.3 Å². The first-order valence-corrected chi connectivity index (χ1v) is 13.9. The van der Waals surface area contributed by atoms with Crippen LogP contribution in [-0.2, 0) is 39.8 Å². The first kappa shape index (κ1) is 33.1. The van der Waals surface area contributed by atoms with Crippen LogP contribution in [0.25, 0.3) is 0 Å². The van der Waals surface area contributed by atoms with E-state index in [1.54, 1.807) is 38.1 Å². The van der Waals surface area contributed by atoms with Crippen LogP contribution in [0.15, 0.2) is 42.6 Å². The van der Waals surface area contributed by atoms with Crippen LogP contribution in [0, 0.1) is 11.8 Å². The summed E-state index contributed by atoms with van der Waals surface area (Å²) in [6, 6.07) is 8.84. The lowest BCUT2D eigenvalue weighted by Gasteiger charge is -2.29. The molecule has 4 atom stereocenters. The Balaban J connectivity index is 1.88. The van der Waals surface area contributed by atoms with Gasteiger partial charge >= 0.3 is 24.1 Å². The number of nitrogens with one attached hydrogen (secondary N) is 1. The highest BCUT2D eigenvalue weighted by Crippen LogP contribution is 2.30. The molecule has 3 rings (SSSR count). The molecule has 0 bridgehead atoms. The Morgan fingerprint density at radius 3 is 2.49 bits per heavy atom. The third-order valence-electron chi connectivity index (χ3n) is 6.25. The maximum atomic E-state index is 13.4. The fourth-order valence-corrected chi connectivity index (χ4v) is 4.14. The highest BCUT2D eigenvalue weighted by atomic mass is 35.5. The number of halogens is 1. The normalized spacial score (nSPS) is 20.4. The number of ether oxygens (including phenoxy) is 6. The van der Waals surface area contributed by atoms with Crippen molar-refractivity contribution < 1.29 is 52.4 Å². The number of hydrogen-bond acceptors (Lipinski definition) is 12. The van der Waals surface area contributed by atoms with Gasteiger partial charge in [0, 0.05) is 12.3 Å². The molecule has 1 aliphatic rings. The lowest BCUT2D eigenvalue weighted by molar-refractivity contribution is -0.176. The molecule has 1 aromatic carbocycles. The van der Waals surface area contributed by atoms with Gasteiger partial charge in [0.05, 0.1) is 18.9 Å². The van der Waals surface area contributed by atoms with E-state index in [-0.39, 0.29) is 30.4 Å². The van der Waals surface area contributed by atoms with E-state index < -0.39 is 72.4 Å². The van der Waals surface area contributed by atoms with E-state index in [2.05, 4.69) is 10.3 Å². The number of carbonyl (C=O) groups excluding carboxylic acids is 5. The number of carbonyl (C=O) groups is 5. The van der Waals surface area contributed by atoms with Gasteiger partial charge in [-0.3, -0.25) is 14.4 Å². The van der Waals surface area contributed by atoms with E-state index in [9.17, 15) is 24.0 Å². The Kier molecular flexibility index (Phi) is 12.1. The van der Waals surface area contributed by atoms with Crippen molar-refractivity contribution >= 4 is 41.6 Å². The predicted molar refractivity (Wildman–Crippen MR) is 150 cm³/mol. The first-order valence-electron chi connectivity index (χ1n) is 13.4. The molecule has 0 spiro atoms. The Labute approximate surface area is 253 Å². The summed E-state index contributed by atoms with van der Waals surface area (Å²) in [5.74, 6) is -5.25. The Bertz CT molecular complexity index is 1300. The number of rotatable bonds is 10. The van der Waals surface area contributed by atoms with Crippen molar-refractivity contribution in [3.05, 3.63) is 53.9 Å². The second-order valence-electron chi connectivity index (χ2n) is 9.73. The molecule has 1 aromatic heterocycles. The number of alkyl halides is 1. The van der Waals surface area contributed by atoms with Crippen molar-refractivity contribution in [3.63, 3.8) is 0 Å². The molecule has 14 heteroatoms. The topological polar surface area (TPSA) is 166 Å². The minimum absolute atomic E-state index is 0.0112. The van der Waals surface area contributed by atoms with E-state index in [1.807, 2.05) is 6.07 Å². The second-order valence-corrected chi connectivity index (χ2v) is 10.1. The third-order valence-corrected chi connectivity index (χ3v) is 6.41. The summed E-state index contributed by atoms with van der Waals surface area (Å²) in [6.07, 6.45) is -2.10. The highest BCUT2D eigenvalue weighted by Gasteiger charge is 2.42. The van der Waals surface area contributed by atoms with Gasteiger partial charge in [-0.05, 0) is 18.9 Å². The molecule has 1 fully saturated rings. The minimum Gasteiger partial charge on any atom is -0.493 e. The van der Waals surface area contributed by atoms with Crippen molar-refractivity contribution in [3.8, 4) is 11.5 Å². The van der Waals surface area contributed by atoms with E-state index in [1.165, 1.54) is 26.3 Å². The molecule has 2 unspecified atom stereocenters. The molecular weight excluding hydrogens is 588 g/mol. The third kappa shape index (κ3) is 9.05. The smallest absolute Gasteiger partial charge is 0.493 e. The monoisotopic (exact) mass is 620 g/mol. The lowest BCUT2D eigenvalue weighted by Crippen LogP contribution is -2.47. The lowest BCUT2D eigenvalue weighted by atomic mass is 9.91. The Hall–Kier alpha value is -4.39. The number of cyclic esters (lactones) is 2. The zero-order valence-corrected chi connectivity index (χ0v) is 24.8. The maximum absolute atomic E-state index is 13.4. The summed E-state index contributed by atoms with van der Waals surface area (Å²) in [6.45, 7) is 3.98. The van der Waals surface area contributed by atoms with Crippen molar-refractivity contribution in [2.24, 2.45) is 11.8 Å². The van der Waals surface area contributed by atoms with Crippen LogP contribution < -0.4 is 14.8 Å². The van der Waals surface area contributed by atoms with Crippen LogP contribution in [0.3, 0.4) is 0 Å². The number of hydrogen-bond donors (Lipinski definition) is 1. The largest absolute Gasteiger partial charge is 0.514 e. The summed E-state index contributed by atoms with van der Waals surface area (Å²) < 4.78 is 31.8. The maximum Gasteiger partial charge on any atom is 0.514 e. The van der Waals surface area contributed by atoms with Gasteiger partial charge < -0.3 is 33.7 Å². The first-order chi connectivity index (χ1) is 20.5. The van der Waals surface area contributed by atoms with Gasteiger partial charge in [0.2, 0.25) is 5.75 Å². The fraction of sp³-hybridized carbons (Fsp3) is 0.448. The molecule has 232 valence electrons. The number of esters is 3. The molecule has 1 saturated heterocycles. The van der Waals surface area contributed by atoms with Crippen LogP contribution in [0.5, 0.6) is 11.5 Å². The summed E-state index contributed by atoms with van der Waals surface area (Å²) >= 11 is 5.53. The van der Waals surface area contributed by atoms with E-state index in [0.717, 1.165) is 5.56 Å². The number of amides is 1.